The third-order valence-corrected chi connectivity index (χ3v) is 6.10. The van der Waals surface area contributed by atoms with Crippen molar-refractivity contribution >= 4 is 10.8 Å². The Kier molecular flexibility index (Phi) is 4.83. The molecule has 1 aromatic heterocycles. The molecule has 0 aliphatic carbocycles. The smallest absolute Gasteiger partial charge is 0.234 e. The molecule has 0 saturated carbocycles. The number of aromatic nitrogens is 2. The average Bonchev–Trinajstić information content (AvgIpc) is 2.81. The van der Waals surface area contributed by atoms with Crippen molar-refractivity contribution in [2.24, 2.45) is 7.05 Å². The second-order valence-electron chi connectivity index (χ2n) is 8.04. The SMILES string of the molecule is Cc1ccccc1-c1c(-c2ccccc2)nc(-c2ccc3ccccc3c2)c(C)[n+]1C. The van der Waals surface area contributed by atoms with Gasteiger partial charge in [0.15, 0.2) is 0 Å². The van der Waals surface area contributed by atoms with Crippen LogP contribution in [0.2, 0.25) is 0 Å². The summed E-state index contributed by atoms with van der Waals surface area (Å²) in [5.74, 6) is 0. The third-order valence-electron chi connectivity index (χ3n) is 6.10. The van der Waals surface area contributed by atoms with Crippen molar-refractivity contribution in [3.63, 3.8) is 0 Å². The van der Waals surface area contributed by atoms with Crippen LogP contribution in [0, 0.1) is 13.8 Å². The minimum atomic E-state index is 1.01. The lowest BCUT2D eigenvalue weighted by atomic mass is 9.98. The standard InChI is InChI=1S/C29H25N2/c1-20-11-7-10-16-26(20)29-28(23-13-5-4-6-14-23)30-27(21(2)31(29)3)25-18-17-22-12-8-9-15-24(22)19-25/h4-19H,1-3H3/q+1. The van der Waals surface area contributed by atoms with Crippen molar-refractivity contribution in [3.05, 3.63) is 108 Å². The molecule has 2 heteroatoms. The molecule has 0 N–H and O–H groups in total. The van der Waals surface area contributed by atoms with Gasteiger partial charge in [-0.25, -0.2) is 4.98 Å². The summed E-state index contributed by atoms with van der Waals surface area (Å²) in [7, 11) is 2.15. The summed E-state index contributed by atoms with van der Waals surface area (Å²) in [5, 5.41) is 2.47. The number of rotatable bonds is 3. The lowest BCUT2D eigenvalue weighted by Crippen LogP contribution is -2.37. The van der Waals surface area contributed by atoms with Crippen molar-refractivity contribution in [1.82, 2.24) is 4.98 Å². The van der Waals surface area contributed by atoms with Crippen LogP contribution in [0.4, 0.5) is 0 Å². The van der Waals surface area contributed by atoms with E-state index in [1.807, 2.05) is 0 Å². The van der Waals surface area contributed by atoms with Gasteiger partial charge in [0, 0.05) is 18.1 Å². The van der Waals surface area contributed by atoms with Crippen molar-refractivity contribution in [3.8, 4) is 33.8 Å². The Balaban J connectivity index is 1.82. The first kappa shape index (κ1) is 19.2. The van der Waals surface area contributed by atoms with Crippen LogP contribution in [0.1, 0.15) is 11.3 Å². The maximum Gasteiger partial charge on any atom is 0.239 e. The summed E-state index contributed by atoms with van der Waals surface area (Å²) < 4.78 is 2.29. The Labute approximate surface area is 183 Å². The second-order valence-corrected chi connectivity index (χ2v) is 8.04. The summed E-state index contributed by atoms with van der Waals surface area (Å²) in [6.07, 6.45) is 0. The minimum absolute atomic E-state index is 1.01. The quantitative estimate of drug-likeness (QED) is 0.308. The van der Waals surface area contributed by atoms with Crippen LogP contribution in [-0.4, -0.2) is 4.98 Å². The Morgan fingerprint density at radius 2 is 1.29 bits per heavy atom. The fraction of sp³-hybridized carbons (Fsp3) is 0.103. The molecular formula is C29H25N2+. The Morgan fingerprint density at radius 3 is 2.06 bits per heavy atom. The van der Waals surface area contributed by atoms with Crippen LogP contribution in [-0.2, 0) is 7.05 Å². The first-order valence-electron chi connectivity index (χ1n) is 10.6. The van der Waals surface area contributed by atoms with Gasteiger partial charge < -0.3 is 0 Å². The van der Waals surface area contributed by atoms with Crippen LogP contribution < -0.4 is 4.57 Å². The molecule has 31 heavy (non-hydrogen) atoms. The van der Waals surface area contributed by atoms with Crippen LogP contribution in [0.5, 0.6) is 0 Å². The van der Waals surface area contributed by atoms with Crippen LogP contribution >= 0.6 is 0 Å². The fourth-order valence-corrected chi connectivity index (χ4v) is 4.29. The van der Waals surface area contributed by atoms with E-state index in [1.54, 1.807) is 0 Å². The van der Waals surface area contributed by atoms with Gasteiger partial charge in [0.05, 0.1) is 5.56 Å². The van der Waals surface area contributed by atoms with Crippen molar-refractivity contribution in [1.29, 1.82) is 0 Å². The number of hydrogen-bond donors (Lipinski definition) is 0. The summed E-state index contributed by atoms with van der Waals surface area (Å²) in [5.41, 5.74) is 9.04. The molecule has 0 amide bonds. The summed E-state index contributed by atoms with van der Waals surface area (Å²) >= 11 is 0. The van der Waals surface area contributed by atoms with Gasteiger partial charge in [-0.15, -0.1) is 0 Å². The van der Waals surface area contributed by atoms with Crippen LogP contribution in [0.3, 0.4) is 0 Å². The molecule has 150 valence electrons. The molecule has 0 spiro atoms. The zero-order chi connectivity index (χ0) is 21.4. The highest BCUT2D eigenvalue weighted by molar-refractivity contribution is 5.87. The minimum Gasteiger partial charge on any atom is -0.234 e. The van der Waals surface area contributed by atoms with E-state index in [0.29, 0.717) is 0 Å². The summed E-state index contributed by atoms with van der Waals surface area (Å²) in [4.78, 5) is 5.28. The molecule has 0 bridgehead atoms. The second kappa shape index (κ2) is 7.81. The monoisotopic (exact) mass is 401 g/mol. The third kappa shape index (κ3) is 3.40. The number of aryl methyl sites for hydroxylation is 1. The summed E-state index contributed by atoms with van der Waals surface area (Å²) in [6.45, 7) is 4.32. The van der Waals surface area contributed by atoms with Gasteiger partial charge in [0.1, 0.15) is 18.4 Å². The molecule has 0 unspecified atom stereocenters. The lowest BCUT2D eigenvalue weighted by molar-refractivity contribution is -0.666. The van der Waals surface area contributed by atoms with Gasteiger partial charge in [-0.05, 0) is 35.4 Å². The first-order valence-corrected chi connectivity index (χ1v) is 10.6. The molecule has 5 aromatic rings. The van der Waals surface area contributed by atoms with E-state index in [4.69, 9.17) is 4.98 Å². The van der Waals surface area contributed by atoms with Gasteiger partial charge in [-0.1, -0.05) is 84.9 Å². The van der Waals surface area contributed by atoms with Crippen molar-refractivity contribution in [2.75, 3.05) is 0 Å². The van der Waals surface area contributed by atoms with Crippen LogP contribution in [0.15, 0.2) is 97.1 Å². The van der Waals surface area contributed by atoms with Crippen LogP contribution in [0.25, 0.3) is 44.5 Å². The molecule has 5 rings (SSSR count). The average molecular weight is 402 g/mol. The predicted octanol–water partition coefficient (Wildman–Crippen LogP) is 6.68. The van der Waals surface area contributed by atoms with E-state index >= 15 is 0 Å². The zero-order valence-corrected chi connectivity index (χ0v) is 18.1. The van der Waals surface area contributed by atoms with Gasteiger partial charge in [-0.2, -0.15) is 4.57 Å². The van der Waals surface area contributed by atoms with E-state index < -0.39 is 0 Å². The molecular weight excluding hydrogens is 376 g/mol. The maximum absolute atomic E-state index is 5.28. The molecule has 4 aromatic carbocycles. The van der Waals surface area contributed by atoms with E-state index in [2.05, 4.69) is 123 Å². The number of nitrogens with zero attached hydrogens (tertiary/aromatic N) is 2. The summed E-state index contributed by atoms with van der Waals surface area (Å²) in [6, 6.07) is 34.1. The molecule has 0 fully saturated rings. The fourth-order valence-electron chi connectivity index (χ4n) is 4.29. The van der Waals surface area contributed by atoms with Crippen molar-refractivity contribution in [2.45, 2.75) is 13.8 Å². The van der Waals surface area contributed by atoms with Gasteiger partial charge in [-0.3, -0.25) is 0 Å². The molecule has 0 saturated heterocycles. The topological polar surface area (TPSA) is 16.8 Å². The van der Waals surface area contributed by atoms with E-state index in [0.717, 1.165) is 33.9 Å². The predicted molar refractivity (Wildman–Crippen MR) is 129 cm³/mol. The molecule has 2 nitrogen and oxygen atoms in total. The molecule has 0 radical (unpaired) electrons. The zero-order valence-electron chi connectivity index (χ0n) is 18.1. The molecule has 0 aliphatic rings. The van der Waals surface area contributed by atoms with E-state index in [1.165, 1.54) is 21.9 Å². The molecule has 0 aliphatic heterocycles. The lowest BCUT2D eigenvalue weighted by Gasteiger charge is -2.14. The Bertz CT molecular complexity index is 1400. The number of benzene rings is 4. The van der Waals surface area contributed by atoms with Crippen molar-refractivity contribution < 1.29 is 4.57 Å². The van der Waals surface area contributed by atoms with Gasteiger partial charge >= 0.3 is 0 Å². The number of fused-ring (bicyclic) bond motifs is 1. The number of hydrogen-bond acceptors (Lipinski definition) is 1. The Morgan fingerprint density at radius 1 is 0.613 bits per heavy atom. The maximum atomic E-state index is 5.28. The van der Waals surface area contributed by atoms with E-state index in [-0.39, 0.29) is 0 Å². The van der Waals surface area contributed by atoms with Gasteiger partial charge in [0.25, 0.3) is 0 Å². The van der Waals surface area contributed by atoms with E-state index in [9.17, 15) is 0 Å². The molecule has 1 heterocycles. The largest absolute Gasteiger partial charge is 0.239 e. The normalized spacial score (nSPS) is 11.1. The van der Waals surface area contributed by atoms with Gasteiger partial charge in [0.2, 0.25) is 11.4 Å². The highest BCUT2D eigenvalue weighted by atomic mass is 15.0. The highest BCUT2D eigenvalue weighted by Crippen LogP contribution is 2.33. The molecule has 0 atom stereocenters. The first-order chi connectivity index (χ1) is 15.1. The highest BCUT2D eigenvalue weighted by Gasteiger charge is 2.26. The Hall–Kier alpha value is -3.78.